The Bertz CT molecular complexity index is 460. The number of barbiturate groups is 1. The minimum absolute atomic E-state index is 0.432. The quantitative estimate of drug-likeness (QED) is 0.618. The summed E-state index contributed by atoms with van der Waals surface area (Å²) in [6.45, 7) is 0. The van der Waals surface area contributed by atoms with E-state index in [0.717, 1.165) is 4.90 Å². The van der Waals surface area contributed by atoms with Crippen molar-refractivity contribution >= 4 is 39.5 Å². The van der Waals surface area contributed by atoms with Crippen LogP contribution in [-0.4, -0.2) is 22.7 Å². The van der Waals surface area contributed by atoms with Gasteiger partial charge in [0.25, 0.3) is 11.8 Å². The van der Waals surface area contributed by atoms with Gasteiger partial charge in [-0.05, 0) is 12.1 Å². The molecule has 2 rings (SSSR count). The predicted molar refractivity (Wildman–Crippen MR) is 60.2 cm³/mol. The van der Waals surface area contributed by atoms with E-state index >= 15 is 0 Å². The largest absolute Gasteiger partial charge is 0.335 e. The van der Waals surface area contributed by atoms with Gasteiger partial charge in [-0.25, -0.2) is 9.69 Å². The number of urea groups is 1. The number of halogens is 1. The number of carbonyl (C=O) groups excluding carboxylic acids is 3. The molecule has 16 heavy (non-hydrogen) atoms. The first-order valence-electron chi connectivity index (χ1n) is 4.49. The van der Waals surface area contributed by atoms with Gasteiger partial charge in [-0.3, -0.25) is 14.9 Å². The number of para-hydroxylation sites is 1. The number of imide groups is 2. The summed E-state index contributed by atoms with van der Waals surface area (Å²) in [5.41, 5.74) is 0.432. The molecule has 1 fully saturated rings. The number of hydrogen-bond acceptors (Lipinski definition) is 3. The SMILES string of the molecule is O=C1NC(=O)N(c2ccccc2)C(=O)[C@H]1Br. The third kappa shape index (κ3) is 1.71. The number of carbonyl (C=O) groups is 3. The molecular weight excluding hydrogens is 276 g/mol. The van der Waals surface area contributed by atoms with E-state index in [1.807, 2.05) is 0 Å². The van der Waals surface area contributed by atoms with Crippen LogP contribution >= 0.6 is 15.9 Å². The van der Waals surface area contributed by atoms with Gasteiger partial charge in [-0.2, -0.15) is 0 Å². The summed E-state index contributed by atoms with van der Waals surface area (Å²) in [5.74, 6) is -1.22. The summed E-state index contributed by atoms with van der Waals surface area (Å²) in [7, 11) is 0. The minimum atomic E-state index is -1.02. The summed E-state index contributed by atoms with van der Waals surface area (Å²) >= 11 is 2.93. The molecule has 82 valence electrons. The van der Waals surface area contributed by atoms with Gasteiger partial charge in [-0.1, -0.05) is 34.1 Å². The van der Waals surface area contributed by atoms with Gasteiger partial charge in [0.15, 0.2) is 4.83 Å². The molecule has 1 atom stereocenters. The molecule has 1 saturated heterocycles. The van der Waals surface area contributed by atoms with E-state index in [2.05, 4.69) is 21.2 Å². The Labute approximate surface area is 99.5 Å². The topological polar surface area (TPSA) is 66.5 Å². The lowest BCUT2D eigenvalue weighted by Crippen LogP contribution is -2.58. The lowest BCUT2D eigenvalue weighted by atomic mass is 10.2. The highest BCUT2D eigenvalue weighted by atomic mass is 79.9. The molecule has 0 bridgehead atoms. The zero-order chi connectivity index (χ0) is 11.7. The van der Waals surface area contributed by atoms with Crippen LogP contribution in [0.4, 0.5) is 10.5 Å². The molecule has 0 spiro atoms. The normalized spacial score (nSPS) is 20.9. The first-order chi connectivity index (χ1) is 7.61. The number of nitrogens with zero attached hydrogens (tertiary/aromatic N) is 1. The number of hydrogen-bond donors (Lipinski definition) is 1. The average molecular weight is 283 g/mol. The first kappa shape index (κ1) is 10.8. The molecule has 1 aliphatic heterocycles. The number of amides is 4. The molecular formula is C10H7BrN2O3. The van der Waals surface area contributed by atoms with Crippen LogP contribution in [0.25, 0.3) is 0 Å². The lowest BCUT2D eigenvalue weighted by Gasteiger charge is -2.27. The molecule has 0 aliphatic carbocycles. The first-order valence-corrected chi connectivity index (χ1v) is 5.41. The molecule has 6 heteroatoms. The van der Waals surface area contributed by atoms with Crippen molar-refractivity contribution in [3.8, 4) is 0 Å². The lowest BCUT2D eigenvalue weighted by molar-refractivity contribution is -0.127. The Balaban J connectivity index is 2.38. The molecule has 4 amide bonds. The van der Waals surface area contributed by atoms with Crippen molar-refractivity contribution < 1.29 is 14.4 Å². The third-order valence-corrected chi connectivity index (χ3v) is 2.92. The van der Waals surface area contributed by atoms with Crippen molar-refractivity contribution in [1.29, 1.82) is 0 Å². The molecule has 1 N–H and O–H groups in total. The second-order valence-corrected chi connectivity index (χ2v) is 4.08. The van der Waals surface area contributed by atoms with Crippen LogP contribution < -0.4 is 10.2 Å². The number of alkyl halides is 1. The fourth-order valence-corrected chi connectivity index (χ4v) is 1.69. The van der Waals surface area contributed by atoms with Crippen molar-refractivity contribution in [1.82, 2.24) is 5.32 Å². The molecule has 1 aliphatic rings. The van der Waals surface area contributed by atoms with Gasteiger partial charge in [0.2, 0.25) is 0 Å². The maximum Gasteiger partial charge on any atom is 0.335 e. The number of rotatable bonds is 1. The van der Waals surface area contributed by atoms with Crippen molar-refractivity contribution in [2.75, 3.05) is 4.90 Å². The molecule has 0 radical (unpaired) electrons. The van der Waals surface area contributed by atoms with Gasteiger partial charge >= 0.3 is 6.03 Å². The number of nitrogens with one attached hydrogen (secondary N) is 1. The second-order valence-electron chi connectivity index (χ2n) is 3.17. The Morgan fingerprint density at radius 2 is 1.75 bits per heavy atom. The van der Waals surface area contributed by atoms with Gasteiger partial charge in [0.1, 0.15) is 0 Å². The van der Waals surface area contributed by atoms with Crippen molar-refractivity contribution in [2.24, 2.45) is 0 Å². The average Bonchev–Trinajstić information content (AvgIpc) is 2.28. The maximum absolute atomic E-state index is 11.7. The molecule has 0 unspecified atom stereocenters. The van der Waals surface area contributed by atoms with E-state index in [0.29, 0.717) is 5.69 Å². The standard InChI is InChI=1S/C10H7BrN2O3/c11-7-8(14)12-10(16)13(9(7)15)6-4-2-1-3-5-6/h1-5,7H,(H,12,14,16)/t7-/m0/s1. The highest BCUT2D eigenvalue weighted by Crippen LogP contribution is 2.20. The molecule has 0 saturated carbocycles. The van der Waals surface area contributed by atoms with Crippen LogP contribution in [0.15, 0.2) is 30.3 Å². The monoisotopic (exact) mass is 282 g/mol. The van der Waals surface area contributed by atoms with Crippen LogP contribution in [0.5, 0.6) is 0 Å². The molecule has 1 heterocycles. The van der Waals surface area contributed by atoms with Crippen LogP contribution in [0.3, 0.4) is 0 Å². The van der Waals surface area contributed by atoms with Crippen LogP contribution in [0, 0.1) is 0 Å². The fraction of sp³-hybridized carbons (Fsp3) is 0.100. The zero-order valence-corrected chi connectivity index (χ0v) is 9.60. The Morgan fingerprint density at radius 3 is 2.38 bits per heavy atom. The number of benzene rings is 1. The van der Waals surface area contributed by atoms with E-state index < -0.39 is 22.7 Å². The van der Waals surface area contributed by atoms with Gasteiger partial charge in [0.05, 0.1) is 5.69 Å². The Hall–Kier alpha value is -1.69. The maximum atomic E-state index is 11.7. The summed E-state index contributed by atoms with van der Waals surface area (Å²) in [6.07, 6.45) is 0. The van der Waals surface area contributed by atoms with Crippen molar-refractivity contribution in [3.05, 3.63) is 30.3 Å². The van der Waals surface area contributed by atoms with E-state index in [-0.39, 0.29) is 0 Å². The second kappa shape index (κ2) is 4.05. The summed E-state index contributed by atoms with van der Waals surface area (Å²) in [4.78, 5) is 34.3. The minimum Gasteiger partial charge on any atom is -0.276 e. The van der Waals surface area contributed by atoms with Crippen molar-refractivity contribution in [2.45, 2.75) is 4.83 Å². The van der Waals surface area contributed by atoms with E-state index in [1.54, 1.807) is 30.3 Å². The summed E-state index contributed by atoms with van der Waals surface area (Å²) in [5, 5.41) is 2.09. The van der Waals surface area contributed by atoms with E-state index in [9.17, 15) is 14.4 Å². The van der Waals surface area contributed by atoms with Crippen LogP contribution in [-0.2, 0) is 9.59 Å². The highest BCUT2D eigenvalue weighted by molar-refractivity contribution is 9.10. The van der Waals surface area contributed by atoms with Crippen LogP contribution in [0.2, 0.25) is 0 Å². The Morgan fingerprint density at radius 1 is 1.12 bits per heavy atom. The molecule has 1 aromatic rings. The molecule has 0 aromatic heterocycles. The fourth-order valence-electron chi connectivity index (χ4n) is 1.37. The summed E-state index contributed by atoms with van der Waals surface area (Å²) < 4.78 is 0. The molecule has 1 aromatic carbocycles. The summed E-state index contributed by atoms with van der Waals surface area (Å²) in [6, 6.07) is 7.69. The third-order valence-electron chi connectivity index (χ3n) is 2.12. The smallest absolute Gasteiger partial charge is 0.276 e. The molecule has 5 nitrogen and oxygen atoms in total. The van der Waals surface area contributed by atoms with Gasteiger partial charge < -0.3 is 0 Å². The van der Waals surface area contributed by atoms with E-state index in [1.165, 1.54) is 0 Å². The predicted octanol–water partition coefficient (Wildman–Crippen LogP) is 1.03. The van der Waals surface area contributed by atoms with Gasteiger partial charge in [0, 0.05) is 0 Å². The van der Waals surface area contributed by atoms with Crippen LogP contribution in [0.1, 0.15) is 0 Å². The zero-order valence-electron chi connectivity index (χ0n) is 8.01. The van der Waals surface area contributed by atoms with Crippen molar-refractivity contribution in [3.63, 3.8) is 0 Å². The highest BCUT2D eigenvalue weighted by Gasteiger charge is 2.39. The Kier molecular flexibility index (Phi) is 2.74. The van der Waals surface area contributed by atoms with E-state index in [4.69, 9.17) is 0 Å². The van der Waals surface area contributed by atoms with Gasteiger partial charge in [-0.15, -0.1) is 0 Å². The number of anilines is 1.